The van der Waals surface area contributed by atoms with Crippen LogP contribution in [0.2, 0.25) is 5.15 Å². The molecule has 0 saturated carbocycles. The Bertz CT molecular complexity index is 410. The maximum atomic E-state index is 8.63. The van der Waals surface area contributed by atoms with Crippen molar-refractivity contribution in [3.8, 4) is 6.07 Å². The van der Waals surface area contributed by atoms with Crippen LogP contribution in [0.4, 0.5) is 5.82 Å². The van der Waals surface area contributed by atoms with Crippen molar-refractivity contribution < 1.29 is 4.74 Å². The highest BCUT2D eigenvalue weighted by atomic mass is 79.9. The molecule has 17 heavy (non-hydrogen) atoms. The molecule has 0 aromatic carbocycles. The third kappa shape index (κ3) is 4.11. The van der Waals surface area contributed by atoms with Gasteiger partial charge in [0.2, 0.25) is 0 Å². The Hall–Kier alpha value is -0.900. The fourth-order valence-electron chi connectivity index (χ4n) is 1.27. The maximum Gasteiger partial charge on any atom is 0.148 e. The lowest BCUT2D eigenvalue weighted by atomic mass is 10.4. The summed E-state index contributed by atoms with van der Waals surface area (Å²) in [5.74, 6) is 0.678. The smallest absolute Gasteiger partial charge is 0.148 e. The highest BCUT2D eigenvalue weighted by Gasteiger charge is 2.14. The number of anilines is 1. The standard InChI is InChI=1S/C10H12BrClN4O/c1-17-6-5-16(4-2-3-13)10-8(11)9(12)14-7-15-10/h7H,2,4-6H2,1H3. The number of nitrogens with zero attached hydrogens (tertiary/aromatic N) is 4. The molecule has 0 amide bonds. The van der Waals surface area contributed by atoms with Gasteiger partial charge >= 0.3 is 0 Å². The summed E-state index contributed by atoms with van der Waals surface area (Å²) in [6.45, 7) is 1.77. The highest BCUT2D eigenvalue weighted by molar-refractivity contribution is 9.10. The van der Waals surface area contributed by atoms with E-state index < -0.39 is 0 Å². The van der Waals surface area contributed by atoms with Crippen molar-refractivity contribution in [2.24, 2.45) is 0 Å². The van der Waals surface area contributed by atoms with E-state index in [4.69, 9.17) is 21.6 Å². The topological polar surface area (TPSA) is 62.0 Å². The van der Waals surface area contributed by atoms with Gasteiger partial charge in [-0.3, -0.25) is 0 Å². The summed E-state index contributed by atoms with van der Waals surface area (Å²) in [5.41, 5.74) is 0. The Morgan fingerprint density at radius 1 is 1.53 bits per heavy atom. The molecule has 0 atom stereocenters. The molecule has 0 spiro atoms. The van der Waals surface area contributed by atoms with Crippen LogP contribution in [0.3, 0.4) is 0 Å². The van der Waals surface area contributed by atoms with Crippen molar-refractivity contribution in [1.29, 1.82) is 5.26 Å². The van der Waals surface area contributed by atoms with Crippen LogP contribution < -0.4 is 4.90 Å². The van der Waals surface area contributed by atoms with E-state index in [0.29, 0.717) is 41.6 Å². The summed E-state index contributed by atoms with van der Waals surface area (Å²) in [6, 6.07) is 2.10. The van der Waals surface area contributed by atoms with Crippen molar-refractivity contribution in [2.75, 3.05) is 31.7 Å². The zero-order valence-corrected chi connectivity index (χ0v) is 11.7. The zero-order chi connectivity index (χ0) is 12.7. The largest absolute Gasteiger partial charge is 0.383 e. The number of methoxy groups -OCH3 is 1. The third-order valence-electron chi connectivity index (χ3n) is 2.09. The number of hydrogen-bond donors (Lipinski definition) is 0. The average Bonchev–Trinajstić information content (AvgIpc) is 2.34. The Labute approximate surface area is 113 Å². The van der Waals surface area contributed by atoms with Gasteiger partial charge in [0, 0.05) is 20.2 Å². The molecule has 1 aromatic heterocycles. The molecule has 0 fully saturated rings. The van der Waals surface area contributed by atoms with Crippen molar-refractivity contribution in [3.05, 3.63) is 16.0 Å². The van der Waals surface area contributed by atoms with Crippen molar-refractivity contribution >= 4 is 33.3 Å². The summed E-state index contributed by atoms with van der Waals surface area (Å²) in [6.07, 6.45) is 1.81. The number of nitriles is 1. The molecule has 0 aliphatic rings. The molecule has 92 valence electrons. The summed E-state index contributed by atoms with van der Waals surface area (Å²) in [7, 11) is 1.63. The predicted octanol–water partition coefficient (Wildman–Crippen LogP) is 2.26. The SMILES string of the molecule is COCCN(CCC#N)c1ncnc(Cl)c1Br. The fourth-order valence-corrected chi connectivity index (χ4v) is 1.85. The van der Waals surface area contributed by atoms with Gasteiger partial charge in [0.15, 0.2) is 0 Å². The van der Waals surface area contributed by atoms with E-state index in [1.165, 1.54) is 6.33 Å². The summed E-state index contributed by atoms with van der Waals surface area (Å²) in [5, 5.41) is 8.99. The van der Waals surface area contributed by atoms with Gasteiger partial charge < -0.3 is 9.64 Å². The minimum atomic E-state index is 0.356. The van der Waals surface area contributed by atoms with Gasteiger partial charge in [0.25, 0.3) is 0 Å². The molecule has 0 aliphatic heterocycles. The normalized spacial score (nSPS) is 10.0. The minimum absolute atomic E-state index is 0.356. The summed E-state index contributed by atoms with van der Waals surface area (Å²) < 4.78 is 5.66. The van der Waals surface area contributed by atoms with Gasteiger partial charge in [-0.1, -0.05) is 11.6 Å². The molecule has 7 heteroatoms. The molecule has 0 bridgehead atoms. The zero-order valence-electron chi connectivity index (χ0n) is 9.36. The fraction of sp³-hybridized carbons (Fsp3) is 0.500. The molecule has 0 aliphatic carbocycles. The Morgan fingerprint density at radius 2 is 2.29 bits per heavy atom. The van der Waals surface area contributed by atoms with E-state index in [2.05, 4.69) is 32.0 Å². The molecule has 0 N–H and O–H groups in total. The lowest BCUT2D eigenvalue weighted by molar-refractivity contribution is 0.205. The van der Waals surface area contributed by atoms with Gasteiger partial charge in [-0.05, 0) is 15.9 Å². The van der Waals surface area contributed by atoms with E-state index >= 15 is 0 Å². The van der Waals surface area contributed by atoms with Crippen molar-refractivity contribution in [3.63, 3.8) is 0 Å². The van der Waals surface area contributed by atoms with Crippen LogP contribution in [0.1, 0.15) is 6.42 Å². The first-order valence-corrected chi connectivity index (χ1v) is 6.14. The van der Waals surface area contributed by atoms with Crippen molar-refractivity contribution in [2.45, 2.75) is 6.42 Å². The third-order valence-corrected chi connectivity index (χ3v) is 3.33. The van der Waals surface area contributed by atoms with Crippen LogP contribution in [0.15, 0.2) is 10.8 Å². The molecule has 5 nitrogen and oxygen atoms in total. The Kier molecular flexibility index (Phi) is 6.19. The molecular formula is C10H12BrClN4O. The summed E-state index contributed by atoms with van der Waals surface area (Å²) >= 11 is 9.25. The number of rotatable bonds is 6. The van der Waals surface area contributed by atoms with Gasteiger partial charge in [-0.25, -0.2) is 9.97 Å². The van der Waals surface area contributed by atoms with Crippen LogP contribution >= 0.6 is 27.5 Å². The van der Waals surface area contributed by atoms with E-state index in [1.807, 2.05) is 4.90 Å². The molecule has 1 rings (SSSR count). The Morgan fingerprint density at radius 3 is 2.94 bits per heavy atom. The van der Waals surface area contributed by atoms with E-state index in [-0.39, 0.29) is 0 Å². The number of ether oxygens (including phenoxy) is 1. The Balaban J connectivity index is 2.87. The number of aromatic nitrogens is 2. The second kappa shape index (κ2) is 7.43. The average molecular weight is 320 g/mol. The van der Waals surface area contributed by atoms with Crippen molar-refractivity contribution in [1.82, 2.24) is 9.97 Å². The van der Waals surface area contributed by atoms with Gasteiger partial charge in [0.05, 0.1) is 23.6 Å². The summed E-state index contributed by atoms with van der Waals surface area (Å²) in [4.78, 5) is 9.97. The van der Waals surface area contributed by atoms with Crippen LogP contribution in [0, 0.1) is 11.3 Å². The lowest BCUT2D eigenvalue weighted by Crippen LogP contribution is -2.29. The molecule has 0 unspecified atom stereocenters. The maximum absolute atomic E-state index is 8.63. The quantitative estimate of drug-likeness (QED) is 0.753. The predicted molar refractivity (Wildman–Crippen MR) is 69.1 cm³/mol. The monoisotopic (exact) mass is 318 g/mol. The molecule has 1 heterocycles. The van der Waals surface area contributed by atoms with Crippen LogP contribution in [0.5, 0.6) is 0 Å². The van der Waals surface area contributed by atoms with E-state index in [1.54, 1.807) is 7.11 Å². The van der Waals surface area contributed by atoms with Crippen LogP contribution in [-0.4, -0.2) is 36.8 Å². The first-order chi connectivity index (χ1) is 8.20. The molecule has 0 saturated heterocycles. The molecule has 0 radical (unpaired) electrons. The van der Waals surface area contributed by atoms with E-state index in [9.17, 15) is 0 Å². The molecular weight excluding hydrogens is 307 g/mol. The number of hydrogen-bond acceptors (Lipinski definition) is 5. The van der Waals surface area contributed by atoms with Gasteiger partial charge in [-0.15, -0.1) is 0 Å². The van der Waals surface area contributed by atoms with E-state index in [0.717, 1.165) is 0 Å². The van der Waals surface area contributed by atoms with Crippen LogP contribution in [-0.2, 0) is 4.74 Å². The van der Waals surface area contributed by atoms with Gasteiger partial charge in [0.1, 0.15) is 17.3 Å². The first-order valence-electron chi connectivity index (χ1n) is 4.97. The lowest BCUT2D eigenvalue weighted by Gasteiger charge is -2.23. The first kappa shape index (κ1) is 14.2. The highest BCUT2D eigenvalue weighted by Crippen LogP contribution is 2.28. The van der Waals surface area contributed by atoms with Gasteiger partial charge in [-0.2, -0.15) is 5.26 Å². The van der Waals surface area contributed by atoms with Crippen LogP contribution in [0.25, 0.3) is 0 Å². The second-order valence-corrected chi connectivity index (χ2v) is 4.34. The number of halogens is 2. The molecule has 1 aromatic rings. The second-order valence-electron chi connectivity index (χ2n) is 3.19. The minimum Gasteiger partial charge on any atom is -0.383 e.